The number of nitrogens with zero attached hydrogens (tertiary/aromatic N) is 4. The molecule has 176 valence electrons. The van der Waals surface area contributed by atoms with Gasteiger partial charge >= 0.3 is 0 Å². The van der Waals surface area contributed by atoms with Crippen molar-refractivity contribution >= 4 is 46.6 Å². The average Bonchev–Trinajstić information content (AvgIpc) is 3.43. The lowest BCUT2D eigenvalue weighted by molar-refractivity contribution is -0.384. The van der Waals surface area contributed by atoms with E-state index in [0.717, 1.165) is 11.8 Å². The number of amides is 2. The molecule has 0 atom stereocenters. The smallest absolute Gasteiger partial charge is 0.271 e. The minimum Gasteiger partial charge on any atom is -0.454 e. The molecular formula is C20H17ClN6O6S. The van der Waals surface area contributed by atoms with E-state index in [1.807, 2.05) is 0 Å². The molecule has 34 heavy (non-hydrogen) atoms. The zero-order valence-corrected chi connectivity index (χ0v) is 19.2. The first kappa shape index (κ1) is 23.3. The number of anilines is 1. The molecule has 0 radical (unpaired) electrons. The fourth-order valence-electron chi connectivity index (χ4n) is 2.96. The summed E-state index contributed by atoms with van der Waals surface area (Å²) in [5, 5.41) is 24.9. The number of non-ortho nitro benzene ring substituents is 1. The van der Waals surface area contributed by atoms with Crippen LogP contribution in [0.4, 0.5) is 11.4 Å². The summed E-state index contributed by atoms with van der Waals surface area (Å²) in [5.74, 6) is 0.808. The van der Waals surface area contributed by atoms with Gasteiger partial charge in [-0.3, -0.25) is 19.7 Å². The van der Waals surface area contributed by atoms with Gasteiger partial charge in [-0.05, 0) is 24.3 Å². The predicted octanol–water partition coefficient (Wildman–Crippen LogP) is 2.77. The molecule has 3 aromatic rings. The van der Waals surface area contributed by atoms with Crippen molar-refractivity contribution in [1.82, 2.24) is 20.1 Å². The van der Waals surface area contributed by atoms with Gasteiger partial charge in [0.05, 0.1) is 27.9 Å². The average molecular weight is 505 g/mol. The summed E-state index contributed by atoms with van der Waals surface area (Å²) in [6.07, 6.45) is 0. The van der Waals surface area contributed by atoms with Crippen LogP contribution in [0.15, 0.2) is 41.6 Å². The van der Waals surface area contributed by atoms with E-state index in [0.29, 0.717) is 28.0 Å². The number of ether oxygens (including phenoxy) is 2. The van der Waals surface area contributed by atoms with Gasteiger partial charge in [0.1, 0.15) is 0 Å². The summed E-state index contributed by atoms with van der Waals surface area (Å²) in [6.45, 7) is 0.239. The van der Waals surface area contributed by atoms with Gasteiger partial charge in [0.2, 0.25) is 12.7 Å². The van der Waals surface area contributed by atoms with Crippen molar-refractivity contribution in [3.05, 3.63) is 62.9 Å². The summed E-state index contributed by atoms with van der Waals surface area (Å²) in [7, 11) is 1.71. The van der Waals surface area contributed by atoms with Gasteiger partial charge in [0.15, 0.2) is 22.5 Å². The van der Waals surface area contributed by atoms with Crippen LogP contribution in [0.2, 0.25) is 5.02 Å². The molecule has 2 aromatic carbocycles. The summed E-state index contributed by atoms with van der Waals surface area (Å²) in [5.41, 5.74) is 0.372. The van der Waals surface area contributed by atoms with Gasteiger partial charge in [0, 0.05) is 24.7 Å². The Morgan fingerprint density at radius 2 is 2.00 bits per heavy atom. The summed E-state index contributed by atoms with van der Waals surface area (Å²) in [6, 6.07) is 8.68. The van der Waals surface area contributed by atoms with Gasteiger partial charge in [-0.25, -0.2) is 0 Å². The zero-order valence-electron chi connectivity index (χ0n) is 17.6. The third-order valence-electron chi connectivity index (χ3n) is 4.73. The molecule has 0 saturated heterocycles. The fourth-order valence-corrected chi connectivity index (χ4v) is 3.86. The lowest BCUT2D eigenvalue weighted by atomic mass is 10.2. The number of hydrogen-bond donors (Lipinski definition) is 2. The van der Waals surface area contributed by atoms with Crippen molar-refractivity contribution in [1.29, 1.82) is 0 Å². The molecule has 0 aliphatic carbocycles. The number of halogens is 1. The molecule has 14 heteroatoms. The van der Waals surface area contributed by atoms with Crippen molar-refractivity contribution < 1.29 is 24.0 Å². The van der Waals surface area contributed by atoms with E-state index in [1.165, 1.54) is 18.2 Å². The van der Waals surface area contributed by atoms with E-state index in [9.17, 15) is 19.7 Å². The molecule has 1 aliphatic rings. The largest absolute Gasteiger partial charge is 0.454 e. The number of carbonyl (C=O) groups excluding carboxylic acids is 2. The van der Waals surface area contributed by atoms with E-state index in [2.05, 4.69) is 20.8 Å². The standard InChI is InChI=1S/C20H17ClN6O6S/c1-26-17(8-22-19(29)11-2-5-15-16(6-11)33-10-32-15)24-25-20(26)34-9-18(28)23-14-7-12(27(30)31)3-4-13(14)21/h2-7H,8-10H2,1H3,(H,22,29)(H,23,28). The van der Waals surface area contributed by atoms with Crippen LogP contribution in [0.1, 0.15) is 16.2 Å². The maximum Gasteiger partial charge on any atom is 0.271 e. The molecule has 0 spiro atoms. The maximum atomic E-state index is 12.4. The topological polar surface area (TPSA) is 151 Å². The number of rotatable bonds is 8. The van der Waals surface area contributed by atoms with Crippen molar-refractivity contribution in [3.63, 3.8) is 0 Å². The monoisotopic (exact) mass is 504 g/mol. The normalized spacial score (nSPS) is 11.8. The number of benzene rings is 2. The van der Waals surface area contributed by atoms with E-state index in [1.54, 1.807) is 29.8 Å². The van der Waals surface area contributed by atoms with Crippen LogP contribution in [-0.2, 0) is 18.4 Å². The number of nitro groups is 1. The second-order valence-electron chi connectivity index (χ2n) is 6.97. The summed E-state index contributed by atoms with van der Waals surface area (Å²) >= 11 is 7.12. The molecule has 1 aliphatic heterocycles. The Kier molecular flexibility index (Phi) is 6.84. The molecule has 0 unspecified atom stereocenters. The van der Waals surface area contributed by atoms with Gasteiger partial charge in [0.25, 0.3) is 11.6 Å². The van der Waals surface area contributed by atoms with Gasteiger partial charge in [-0.2, -0.15) is 0 Å². The molecule has 0 bridgehead atoms. The number of nitro benzene ring substituents is 1. The molecule has 2 heterocycles. The Bertz CT molecular complexity index is 1280. The lowest BCUT2D eigenvalue weighted by Gasteiger charge is -2.08. The summed E-state index contributed by atoms with van der Waals surface area (Å²) < 4.78 is 12.2. The maximum absolute atomic E-state index is 12.4. The van der Waals surface area contributed by atoms with E-state index < -0.39 is 10.8 Å². The van der Waals surface area contributed by atoms with E-state index in [4.69, 9.17) is 21.1 Å². The van der Waals surface area contributed by atoms with Crippen LogP contribution >= 0.6 is 23.4 Å². The predicted molar refractivity (Wildman–Crippen MR) is 122 cm³/mol. The van der Waals surface area contributed by atoms with Crippen LogP contribution in [0.3, 0.4) is 0 Å². The number of aromatic nitrogens is 3. The third-order valence-corrected chi connectivity index (χ3v) is 6.08. The molecule has 0 saturated carbocycles. The number of thioether (sulfide) groups is 1. The molecule has 4 rings (SSSR count). The summed E-state index contributed by atoms with van der Waals surface area (Å²) in [4.78, 5) is 35.1. The quantitative estimate of drug-likeness (QED) is 0.268. The Balaban J connectivity index is 1.31. The Morgan fingerprint density at radius 1 is 1.21 bits per heavy atom. The van der Waals surface area contributed by atoms with Crippen molar-refractivity contribution in [3.8, 4) is 11.5 Å². The SMILES string of the molecule is Cn1c(CNC(=O)c2ccc3c(c2)OCO3)nnc1SCC(=O)Nc1cc([N+](=O)[O-])ccc1Cl. The Morgan fingerprint density at radius 3 is 2.79 bits per heavy atom. The zero-order chi connectivity index (χ0) is 24.2. The number of nitrogens with one attached hydrogen (secondary N) is 2. The van der Waals surface area contributed by atoms with Gasteiger partial charge < -0.3 is 24.7 Å². The van der Waals surface area contributed by atoms with Gasteiger partial charge in [-0.1, -0.05) is 23.4 Å². The number of hydrogen-bond acceptors (Lipinski definition) is 9. The molecule has 2 amide bonds. The number of carbonyl (C=O) groups is 2. The molecule has 1 aromatic heterocycles. The highest BCUT2D eigenvalue weighted by molar-refractivity contribution is 7.99. The number of fused-ring (bicyclic) bond motifs is 1. The van der Waals surface area contributed by atoms with Gasteiger partial charge in [-0.15, -0.1) is 10.2 Å². The highest BCUT2D eigenvalue weighted by Gasteiger charge is 2.18. The Hall–Kier alpha value is -3.84. The van der Waals surface area contributed by atoms with Crippen molar-refractivity contribution in [2.75, 3.05) is 17.9 Å². The highest BCUT2D eigenvalue weighted by atomic mass is 35.5. The highest BCUT2D eigenvalue weighted by Crippen LogP contribution is 2.32. The van der Waals surface area contributed by atoms with Crippen LogP contribution in [0.25, 0.3) is 0 Å². The molecule has 2 N–H and O–H groups in total. The minimum absolute atomic E-state index is 0.0332. The molecule has 12 nitrogen and oxygen atoms in total. The van der Waals surface area contributed by atoms with E-state index in [-0.39, 0.29) is 41.4 Å². The van der Waals surface area contributed by atoms with Crippen LogP contribution in [0.5, 0.6) is 11.5 Å². The fraction of sp³-hybridized carbons (Fsp3) is 0.200. The first-order chi connectivity index (χ1) is 16.3. The minimum atomic E-state index is -0.576. The lowest BCUT2D eigenvalue weighted by Crippen LogP contribution is -2.24. The van der Waals surface area contributed by atoms with Crippen LogP contribution in [-0.4, -0.2) is 44.0 Å². The molecule has 0 fully saturated rings. The first-order valence-electron chi connectivity index (χ1n) is 9.74. The second kappa shape index (κ2) is 9.97. The third kappa shape index (κ3) is 5.21. The van der Waals surface area contributed by atoms with Crippen molar-refractivity contribution in [2.45, 2.75) is 11.7 Å². The van der Waals surface area contributed by atoms with Crippen LogP contribution in [0, 0.1) is 10.1 Å². The molecular weight excluding hydrogens is 488 g/mol. The Labute approximate surface area is 201 Å². The van der Waals surface area contributed by atoms with E-state index >= 15 is 0 Å². The first-order valence-corrected chi connectivity index (χ1v) is 11.1. The second-order valence-corrected chi connectivity index (χ2v) is 8.32. The van der Waals surface area contributed by atoms with Crippen molar-refractivity contribution in [2.24, 2.45) is 7.05 Å². The van der Waals surface area contributed by atoms with Crippen LogP contribution < -0.4 is 20.1 Å².